The summed E-state index contributed by atoms with van der Waals surface area (Å²) in [5.41, 5.74) is 7.36. The second-order valence-corrected chi connectivity index (χ2v) is 13.7. The summed E-state index contributed by atoms with van der Waals surface area (Å²) < 4.78 is 2.12. The van der Waals surface area contributed by atoms with E-state index in [0.29, 0.717) is 5.56 Å². The molecule has 0 saturated heterocycles. The number of carbonyl (C=O) groups is 1. The van der Waals surface area contributed by atoms with Crippen LogP contribution >= 0.6 is 0 Å². The lowest BCUT2D eigenvalue weighted by atomic mass is 9.87. The molecule has 0 spiro atoms. The molecule has 1 aromatic carbocycles. The Bertz CT molecular complexity index is 1280. The zero-order valence-electron chi connectivity index (χ0n) is 19.8. The van der Waals surface area contributed by atoms with E-state index in [1.165, 1.54) is 16.6 Å². The van der Waals surface area contributed by atoms with E-state index in [1.807, 2.05) is 6.92 Å². The van der Waals surface area contributed by atoms with Gasteiger partial charge in [0, 0.05) is 55.5 Å². The Morgan fingerprint density at radius 1 is 1.09 bits per heavy atom. The fourth-order valence-corrected chi connectivity index (χ4v) is 7.73. The molecule has 2 aliphatic rings. The molecule has 0 unspecified atom stereocenters. The van der Waals surface area contributed by atoms with Gasteiger partial charge in [0.2, 0.25) is 0 Å². The molecule has 164 valence electrons. The molecule has 0 fully saturated rings. The molecule has 1 aliphatic heterocycles. The van der Waals surface area contributed by atoms with Gasteiger partial charge in [0.15, 0.2) is 5.71 Å². The minimum Gasteiger partial charge on any atom is -0.545 e. The maximum absolute atomic E-state index is 11.7. The largest absolute Gasteiger partial charge is 0.545 e. The van der Waals surface area contributed by atoms with Crippen molar-refractivity contribution < 1.29 is 14.5 Å². The van der Waals surface area contributed by atoms with E-state index in [9.17, 15) is 9.90 Å². The molecule has 0 radical (unpaired) electrons. The number of allylic oxidation sites excluding steroid dienone is 5. The topological polar surface area (TPSA) is 59.3 Å². The van der Waals surface area contributed by atoms with Crippen LogP contribution in [0, 0.1) is 6.92 Å². The summed E-state index contributed by atoms with van der Waals surface area (Å²) in [6.07, 6.45) is 9.78. The van der Waals surface area contributed by atoms with E-state index in [-0.39, 0.29) is 5.56 Å². The van der Waals surface area contributed by atoms with Crippen LogP contribution in [0.25, 0.3) is 5.57 Å². The number of carboxylic acids is 1. The number of anilines is 1. The summed E-state index contributed by atoms with van der Waals surface area (Å²) in [6, 6.07) is 6.62. The van der Waals surface area contributed by atoms with Crippen molar-refractivity contribution >= 4 is 36.2 Å². The van der Waals surface area contributed by atoms with Gasteiger partial charge in [0.25, 0.3) is 0 Å². The van der Waals surface area contributed by atoms with Gasteiger partial charge in [0.05, 0.1) is 5.97 Å². The second-order valence-electron chi connectivity index (χ2n) is 9.40. The number of aromatic carboxylic acids is 1. The highest BCUT2D eigenvalue weighted by Crippen LogP contribution is 2.42. The number of aromatic nitrogens is 1. The van der Waals surface area contributed by atoms with Crippen LogP contribution in [0.3, 0.4) is 0 Å². The van der Waals surface area contributed by atoms with Gasteiger partial charge in [-0.2, -0.15) is 0 Å². The molecule has 4 rings (SSSR count). The summed E-state index contributed by atoms with van der Waals surface area (Å²) in [5, 5.41) is 14.4. The Morgan fingerprint density at radius 3 is 2.44 bits per heavy atom. The van der Waals surface area contributed by atoms with Crippen LogP contribution in [0.4, 0.5) is 5.69 Å². The molecule has 2 heterocycles. The molecule has 0 amide bonds. The summed E-state index contributed by atoms with van der Waals surface area (Å²) in [4.78, 5) is 18.1. The van der Waals surface area contributed by atoms with Gasteiger partial charge in [-0.1, -0.05) is 19.2 Å². The first-order valence-electron chi connectivity index (χ1n) is 10.7. The molecule has 0 atom stereocenters. The van der Waals surface area contributed by atoms with Crippen molar-refractivity contribution in [2.24, 2.45) is 0 Å². The van der Waals surface area contributed by atoms with Crippen LogP contribution in [0.2, 0.25) is 13.1 Å². The smallest absolute Gasteiger partial charge is 0.199 e. The molecule has 0 N–H and O–H groups in total. The number of carbonyl (C=O) groups excluding carboxylic acids is 1. The molecule has 1 aromatic heterocycles. The molecule has 5 nitrogen and oxygen atoms in total. The van der Waals surface area contributed by atoms with Crippen LogP contribution in [0.1, 0.15) is 27.0 Å². The number of nitrogens with zero attached hydrogens (tertiary/aromatic N) is 3. The summed E-state index contributed by atoms with van der Waals surface area (Å²) in [7, 11) is 6.18. The van der Waals surface area contributed by atoms with Crippen molar-refractivity contribution in [3.63, 3.8) is 0 Å². The maximum atomic E-state index is 11.7. The summed E-state index contributed by atoms with van der Waals surface area (Å²) in [6.45, 7) is 6.63. The predicted octanol–water partition coefficient (Wildman–Crippen LogP) is 2.30. The molecular weight excluding hydrogens is 414 g/mol. The van der Waals surface area contributed by atoms with Crippen molar-refractivity contribution in [2.45, 2.75) is 20.0 Å². The molecule has 6 heteroatoms. The first-order chi connectivity index (χ1) is 15.0. The molecular formula is C26H29N3O2Si. The highest BCUT2D eigenvalue weighted by molar-refractivity contribution is 6.98. The Balaban J connectivity index is 2.13. The van der Waals surface area contributed by atoms with E-state index in [2.05, 4.69) is 92.2 Å². The van der Waals surface area contributed by atoms with E-state index in [1.54, 1.807) is 6.20 Å². The minimum absolute atomic E-state index is 0.134. The third kappa shape index (κ3) is 3.35. The van der Waals surface area contributed by atoms with Crippen LogP contribution in [0.5, 0.6) is 0 Å². The van der Waals surface area contributed by atoms with E-state index >= 15 is 0 Å². The fraction of sp³-hybridized carbons (Fsp3) is 0.269. The Labute approximate surface area is 190 Å². The molecule has 0 bridgehead atoms. The lowest BCUT2D eigenvalue weighted by molar-refractivity contribution is -0.462. The first-order valence-corrected chi connectivity index (χ1v) is 13.7. The molecule has 0 saturated carbocycles. The standard InChI is InChI=1S/C26H29N3O2Si/c1-16-21(14-27-15-22(16)26(30)31)25-19-10-8-17(28(2)3)12-23(19)32(6,7)24-13-18(29(4)5)9-11-20(24)25/h8-15H,1-7H3. The quantitative estimate of drug-likeness (QED) is 0.540. The highest BCUT2D eigenvalue weighted by Gasteiger charge is 2.40. The normalized spacial score (nSPS) is 16.3. The number of rotatable bonds is 3. The highest BCUT2D eigenvalue weighted by atomic mass is 28.3. The van der Waals surface area contributed by atoms with Gasteiger partial charge >= 0.3 is 0 Å². The third-order valence-corrected chi connectivity index (χ3v) is 10.1. The first kappa shape index (κ1) is 22.0. The van der Waals surface area contributed by atoms with Gasteiger partial charge in [-0.3, -0.25) is 4.98 Å². The van der Waals surface area contributed by atoms with Crippen molar-refractivity contribution in [2.75, 3.05) is 33.1 Å². The summed E-state index contributed by atoms with van der Waals surface area (Å²) >= 11 is 0. The van der Waals surface area contributed by atoms with Crippen molar-refractivity contribution in [1.82, 2.24) is 4.98 Å². The van der Waals surface area contributed by atoms with Gasteiger partial charge in [-0.25, -0.2) is 4.58 Å². The monoisotopic (exact) mass is 443 g/mol. The Hall–Kier alpha value is -3.25. The average molecular weight is 444 g/mol. The number of benzene rings is 1. The molecule has 2 aromatic rings. The number of hydrogen-bond donors (Lipinski definition) is 0. The van der Waals surface area contributed by atoms with Crippen LogP contribution < -0.4 is 15.2 Å². The fourth-order valence-electron chi connectivity index (χ4n) is 4.65. The average Bonchev–Trinajstić information content (AvgIpc) is 2.74. The summed E-state index contributed by atoms with van der Waals surface area (Å²) in [5.74, 6) is -1.20. The van der Waals surface area contributed by atoms with E-state index in [4.69, 9.17) is 0 Å². The Morgan fingerprint density at radius 2 is 1.81 bits per heavy atom. The zero-order chi connectivity index (χ0) is 23.4. The van der Waals surface area contributed by atoms with E-state index < -0.39 is 14.0 Å². The number of hydrogen-bond acceptors (Lipinski definition) is 4. The number of pyridine rings is 1. The van der Waals surface area contributed by atoms with Crippen LogP contribution in [-0.2, 0) is 0 Å². The predicted molar refractivity (Wildman–Crippen MR) is 132 cm³/mol. The number of carboxylic acid groups (broad SMARTS) is 1. The van der Waals surface area contributed by atoms with Gasteiger partial charge in [0.1, 0.15) is 22.2 Å². The lowest BCUT2D eigenvalue weighted by Gasteiger charge is -2.38. The van der Waals surface area contributed by atoms with Gasteiger partial charge < -0.3 is 14.8 Å². The number of fused-ring (bicyclic) bond motifs is 2. The zero-order valence-corrected chi connectivity index (χ0v) is 20.8. The van der Waals surface area contributed by atoms with Gasteiger partial charge in [-0.05, 0) is 57.8 Å². The van der Waals surface area contributed by atoms with Crippen LogP contribution in [0.15, 0.2) is 59.6 Å². The van der Waals surface area contributed by atoms with Gasteiger partial charge in [-0.15, -0.1) is 0 Å². The Kier molecular flexibility index (Phi) is 5.29. The molecule has 1 aliphatic carbocycles. The van der Waals surface area contributed by atoms with E-state index in [0.717, 1.165) is 33.7 Å². The minimum atomic E-state index is -2.04. The maximum Gasteiger partial charge on any atom is 0.199 e. The SMILES string of the molecule is Cc1c(C(=O)[O-])cncc1C1=C2C=CC(=[N+](C)C)C=C2[Si](C)(C)c2cc(N(C)C)ccc21. The van der Waals surface area contributed by atoms with Crippen molar-refractivity contribution in [3.8, 4) is 0 Å². The lowest BCUT2D eigenvalue weighted by Crippen LogP contribution is -2.49. The second kappa shape index (κ2) is 7.71. The third-order valence-electron chi connectivity index (χ3n) is 6.63. The van der Waals surface area contributed by atoms with Crippen LogP contribution in [-0.4, -0.2) is 57.5 Å². The van der Waals surface area contributed by atoms with Crippen molar-refractivity contribution in [1.29, 1.82) is 0 Å². The van der Waals surface area contributed by atoms with Crippen molar-refractivity contribution in [3.05, 3.63) is 81.8 Å². The molecule has 32 heavy (non-hydrogen) atoms.